The average molecular weight is 425 g/mol. The van der Waals surface area contributed by atoms with Crippen molar-refractivity contribution < 1.29 is 8.42 Å². The van der Waals surface area contributed by atoms with E-state index in [1.54, 1.807) is 7.05 Å². The fourth-order valence-corrected chi connectivity index (χ4v) is 2.44. The first-order chi connectivity index (χ1) is 9.40. The van der Waals surface area contributed by atoms with Crippen molar-refractivity contribution in [2.24, 2.45) is 4.99 Å². The van der Waals surface area contributed by atoms with Gasteiger partial charge in [0, 0.05) is 26.4 Å². The molecule has 0 fully saturated rings. The second-order valence-electron chi connectivity index (χ2n) is 4.83. The fraction of sp³-hybridized carbons (Fsp3) is 0.500. The quantitative estimate of drug-likeness (QED) is 0.315. The van der Waals surface area contributed by atoms with Crippen molar-refractivity contribution in [3.05, 3.63) is 35.4 Å². The van der Waals surface area contributed by atoms with Crippen molar-refractivity contribution in [1.29, 1.82) is 0 Å². The molecule has 0 aliphatic carbocycles. The minimum absolute atomic E-state index is 0. The zero-order valence-corrected chi connectivity index (χ0v) is 15.9. The third kappa shape index (κ3) is 9.67. The van der Waals surface area contributed by atoms with Crippen molar-refractivity contribution in [3.8, 4) is 0 Å². The van der Waals surface area contributed by atoms with E-state index in [1.165, 1.54) is 17.4 Å². The van der Waals surface area contributed by atoms with Gasteiger partial charge in [0.25, 0.3) is 0 Å². The number of hydrogen-bond acceptors (Lipinski definition) is 3. The van der Waals surface area contributed by atoms with Crippen molar-refractivity contribution in [1.82, 2.24) is 10.6 Å². The molecule has 0 atom stereocenters. The highest BCUT2D eigenvalue weighted by molar-refractivity contribution is 14.0. The summed E-state index contributed by atoms with van der Waals surface area (Å²) in [6.07, 6.45) is 1.82. The monoisotopic (exact) mass is 425 g/mol. The van der Waals surface area contributed by atoms with Gasteiger partial charge in [-0.3, -0.25) is 4.99 Å². The molecule has 0 spiro atoms. The zero-order chi connectivity index (χ0) is 15.0. The Balaban J connectivity index is 0.00000400. The maximum absolute atomic E-state index is 11.0. The summed E-state index contributed by atoms with van der Waals surface area (Å²) in [6, 6.07) is 8.25. The van der Waals surface area contributed by atoms with Gasteiger partial charge in [0.2, 0.25) is 0 Å². The first-order valence-corrected chi connectivity index (χ1v) is 8.64. The molecule has 0 saturated heterocycles. The number of rotatable bonds is 6. The minimum atomic E-state index is -2.89. The van der Waals surface area contributed by atoms with Crippen LogP contribution in [0.1, 0.15) is 17.5 Å². The summed E-state index contributed by atoms with van der Waals surface area (Å²) in [5.74, 6) is 0.870. The number of aliphatic imine (C=N–C) groups is 1. The van der Waals surface area contributed by atoms with Crippen LogP contribution < -0.4 is 10.6 Å². The molecule has 0 aliphatic heterocycles. The molecule has 120 valence electrons. The van der Waals surface area contributed by atoms with Crippen LogP contribution in [0, 0.1) is 6.92 Å². The molecule has 7 heteroatoms. The smallest absolute Gasteiger partial charge is 0.191 e. The lowest BCUT2D eigenvalue weighted by molar-refractivity contribution is 0.598. The van der Waals surface area contributed by atoms with Crippen molar-refractivity contribution in [2.75, 3.05) is 25.6 Å². The van der Waals surface area contributed by atoms with E-state index in [0.29, 0.717) is 25.5 Å². The SMILES string of the molecule is CN=C(NCCCS(C)(=O)=O)NCc1cccc(C)c1.I. The largest absolute Gasteiger partial charge is 0.356 e. The van der Waals surface area contributed by atoms with E-state index in [2.05, 4.69) is 40.7 Å². The molecule has 0 bridgehead atoms. The summed E-state index contributed by atoms with van der Waals surface area (Å²) >= 11 is 0. The van der Waals surface area contributed by atoms with Crippen molar-refractivity contribution in [2.45, 2.75) is 19.9 Å². The predicted octanol–water partition coefficient (Wildman–Crippen LogP) is 1.71. The minimum Gasteiger partial charge on any atom is -0.356 e. The number of halogens is 1. The Kier molecular flexibility index (Phi) is 9.60. The van der Waals surface area contributed by atoms with Gasteiger partial charge in [-0.1, -0.05) is 29.8 Å². The molecule has 1 rings (SSSR count). The summed E-state index contributed by atoms with van der Waals surface area (Å²) in [6.45, 7) is 3.33. The summed E-state index contributed by atoms with van der Waals surface area (Å²) in [5.41, 5.74) is 2.41. The second kappa shape index (κ2) is 9.99. The lowest BCUT2D eigenvalue weighted by Crippen LogP contribution is -2.37. The van der Waals surface area contributed by atoms with Crippen LogP contribution in [-0.2, 0) is 16.4 Å². The van der Waals surface area contributed by atoms with E-state index in [1.807, 2.05) is 6.07 Å². The van der Waals surface area contributed by atoms with Gasteiger partial charge in [-0.15, -0.1) is 24.0 Å². The van der Waals surface area contributed by atoms with E-state index in [0.717, 1.165) is 0 Å². The lowest BCUT2D eigenvalue weighted by Gasteiger charge is -2.12. The van der Waals surface area contributed by atoms with Gasteiger partial charge in [-0.25, -0.2) is 8.42 Å². The van der Waals surface area contributed by atoms with Crippen LogP contribution >= 0.6 is 24.0 Å². The average Bonchev–Trinajstić information content (AvgIpc) is 2.37. The van der Waals surface area contributed by atoms with Crippen molar-refractivity contribution in [3.63, 3.8) is 0 Å². The number of guanidine groups is 1. The molecule has 0 saturated carbocycles. The Labute approximate surface area is 144 Å². The highest BCUT2D eigenvalue weighted by Crippen LogP contribution is 2.02. The Bertz CT molecular complexity index is 559. The van der Waals surface area contributed by atoms with Crippen LogP contribution in [0.2, 0.25) is 0 Å². The molecule has 2 N–H and O–H groups in total. The Morgan fingerprint density at radius 3 is 2.57 bits per heavy atom. The third-order valence-corrected chi connectivity index (χ3v) is 3.78. The van der Waals surface area contributed by atoms with Crippen LogP contribution in [0.15, 0.2) is 29.3 Å². The number of sulfone groups is 1. The molecular formula is C14H24IN3O2S. The molecule has 1 aromatic rings. The fourth-order valence-electron chi connectivity index (χ4n) is 1.77. The van der Waals surface area contributed by atoms with E-state index in [9.17, 15) is 8.42 Å². The summed E-state index contributed by atoms with van der Waals surface area (Å²) in [5, 5.41) is 6.30. The molecule has 0 amide bonds. The molecule has 21 heavy (non-hydrogen) atoms. The van der Waals surface area contributed by atoms with E-state index in [4.69, 9.17) is 0 Å². The van der Waals surface area contributed by atoms with Crippen LogP contribution in [-0.4, -0.2) is 40.0 Å². The van der Waals surface area contributed by atoms with Gasteiger partial charge in [-0.05, 0) is 18.9 Å². The van der Waals surface area contributed by atoms with E-state index >= 15 is 0 Å². The van der Waals surface area contributed by atoms with Crippen LogP contribution in [0.3, 0.4) is 0 Å². The second-order valence-corrected chi connectivity index (χ2v) is 7.08. The summed E-state index contributed by atoms with van der Waals surface area (Å²) < 4.78 is 22.0. The van der Waals surface area contributed by atoms with Gasteiger partial charge < -0.3 is 10.6 Å². The molecule has 0 aromatic heterocycles. The molecule has 1 aromatic carbocycles. The summed E-state index contributed by atoms with van der Waals surface area (Å²) in [4.78, 5) is 4.10. The first kappa shape index (κ1) is 20.2. The highest BCUT2D eigenvalue weighted by Gasteiger charge is 2.02. The van der Waals surface area contributed by atoms with Gasteiger partial charge in [0.15, 0.2) is 5.96 Å². The maximum atomic E-state index is 11.0. The van der Waals surface area contributed by atoms with E-state index in [-0.39, 0.29) is 29.7 Å². The normalized spacial score (nSPS) is 11.7. The molecule has 0 aliphatic rings. The molecule has 0 unspecified atom stereocenters. The molecule has 0 radical (unpaired) electrons. The van der Waals surface area contributed by atoms with Crippen molar-refractivity contribution >= 4 is 39.8 Å². The molecule has 0 heterocycles. The highest BCUT2D eigenvalue weighted by atomic mass is 127. The lowest BCUT2D eigenvalue weighted by atomic mass is 10.1. The Morgan fingerprint density at radius 2 is 2.00 bits per heavy atom. The van der Waals surface area contributed by atoms with Crippen LogP contribution in [0.5, 0.6) is 0 Å². The number of nitrogens with zero attached hydrogens (tertiary/aromatic N) is 1. The standard InChI is InChI=1S/C14H23N3O2S.HI/c1-12-6-4-7-13(10-12)11-17-14(15-2)16-8-5-9-20(3,18)19;/h4,6-7,10H,5,8-9,11H2,1-3H3,(H2,15,16,17);1H. The number of nitrogens with one attached hydrogen (secondary N) is 2. The Hall–Kier alpha value is -0.830. The number of aryl methyl sites for hydroxylation is 1. The van der Waals surface area contributed by atoms with Gasteiger partial charge in [-0.2, -0.15) is 0 Å². The van der Waals surface area contributed by atoms with Crippen LogP contribution in [0.4, 0.5) is 0 Å². The number of hydrogen-bond donors (Lipinski definition) is 2. The zero-order valence-electron chi connectivity index (χ0n) is 12.7. The van der Waals surface area contributed by atoms with Crippen LogP contribution in [0.25, 0.3) is 0 Å². The molecule has 5 nitrogen and oxygen atoms in total. The van der Waals surface area contributed by atoms with Gasteiger partial charge in [0.05, 0.1) is 5.75 Å². The maximum Gasteiger partial charge on any atom is 0.191 e. The van der Waals surface area contributed by atoms with Gasteiger partial charge in [0.1, 0.15) is 9.84 Å². The summed E-state index contributed by atoms with van der Waals surface area (Å²) in [7, 11) is -1.19. The molecular weight excluding hydrogens is 401 g/mol. The number of benzene rings is 1. The third-order valence-electron chi connectivity index (χ3n) is 2.75. The Morgan fingerprint density at radius 1 is 1.29 bits per heavy atom. The van der Waals surface area contributed by atoms with Gasteiger partial charge >= 0.3 is 0 Å². The van der Waals surface area contributed by atoms with E-state index < -0.39 is 9.84 Å². The topological polar surface area (TPSA) is 70.6 Å². The predicted molar refractivity (Wildman–Crippen MR) is 99.1 cm³/mol. The first-order valence-electron chi connectivity index (χ1n) is 6.58.